The van der Waals surface area contributed by atoms with Crippen LogP contribution in [0.4, 0.5) is 0 Å². The zero-order valence-electron chi connectivity index (χ0n) is 12.0. The van der Waals surface area contributed by atoms with Gasteiger partial charge in [-0.05, 0) is 13.8 Å². The fourth-order valence-corrected chi connectivity index (χ4v) is 2.48. The van der Waals surface area contributed by atoms with Gasteiger partial charge in [-0.3, -0.25) is 4.90 Å². The summed E-state index contributed by atoms with van der Waals surface area (Å²) in [7, 11) is 1.64. The number of ether oxygens (including phenoxy) is 1. The highest BCUT2D eigenvalue weighted by atomic mass is 16.5. The van der Waals surface area contributed by atoms with E-state index < -0.39 is 0 Å². The Morgan fingerprint density at radius 3 is 2.90 bits per heavy atom. The average Bonchev–Trinajstić information content (AvgIpc) is 2.76. The van der Waals surface area contributed by atoms with Crippen LogP contribution in [0.1, 0.15) is 28.6 Å². The van der Waals surface area contributed by atoms with Gasteiger partial charge in [0.15, 0.2) is 0 Å². The highest BCUT2D eigenvalue weighted by Crippen LogP contribution is 2.25. The van der Waals surface area contributed by atoms with Crippen molar-refractivity contribution in [2.45, 2.75) is 33.4 Å². The van der Waals surface area contributed by atoms with E-state index in [-0.39, 0.29) is 0 Å². The topological polar surface area (TPSA) is 64.3 Å². The van der Waals surface area contributed by atoms with Crippen LogP contribution in [0.25, 0.3) is 0 Å². The standard InChI is InChI=1S/C14H18N4O2/c1-9-10(2)20-13(17-9)7-18-5-4-12-11(6-18)14(19-3)16-8-15-12/h8H,4-7H2,1-3H3. The Morgan fingerprint density at radius 1 is 1.35 bits per heavy atom. The maximum absolute atomic E-state index is 5.65. The zero-order chi connectivity index (χ0) is 14.1. The number of hydrogen-bond donors (Lipinski definition) is 0. The highest BCUT2D eigenvalue weighted by molar-refractivity contribution is 5.31. The highest BCUT2D eigenvalue weighted by Gasteiger charge is 2.22. The molecule has 106 valence electrons. The number of fused-ring (bicyclic) bond motifs is 1. The molecule has 0 fully saturated rings. The van der Waals surface area contributed by atoms with Crippen LogP contribution in [0.3, 0.4) is 0 Å². The van der Waals surface area contributed by atoms with Crippen molar-refractivity contribution >= 4 is 0 Å². The van der Waals surface area contributed by atoms with Gasteiger partial charge in [0.05, 0.1) is 25.0 Å². The first-order valence-corrected chi connectivity index (χ1v) is 6.69. The van der Waals surface area contributed by atoms with Crippen molar-refractivity contribution < 1.29 is 9.15 Å². The Labute approximate surface area is 117 Å². The van der Waals surface area contributed by atoms with Crippen LogP contribution >= 0.6 is 0 Å². The summed E-state index contributed by atoms with van der Waals surface area (Å²) in [6, 6.07) is 0. The molecule has 1 aliphatic heterocycles. The van der Waals surface area contributed by atoms with Gasteiger partial charge in [0, 0.05) is 25.1 Å². The van der Waals surface area contributed by atoms with Gasteiger partial charge in [0.25, 0.3) is 0 Å². The predicted octanol–water partition coefficient (Wildman–Crippen LogP) is 1.65. The molecular formula is C14H18N4O2. The average molecular weight is 274 g/mol. The van der Waals surface area contributed by atoms with Gasteiger partial charge in [0.1, 0.15) is 12.1 Å². The van der Waals surface area contributed by atoms with Gasteiger partial charge >= 0.3 is 0 Å². The van der Waals surface area contributed by atoms with Gasteiger partial charge in [-0.25, -0.2) is 15.0 Å². The molecule has 0 aliphatic carbocycles. The number of aromatic nitrogens is 3. The normalized spacial score (nSPS) is 15.2. The number of rotatable bonds is 3. The lowest BCUT2D eigenvalue weighted by atomic mass is 10.1. The predicted molar refractivity (Wildman–Crippen MR) is 72.4 cm³/mol. The minimum atomic E-state index is 0.666. The summed E-state index contributed by atoms with van der Waals surface area (Å²) in [5.41, 5.74) is 3.10. The molecule has 0 radical (unpaired) electrons. The largest absolute Gasteiger partial charge is 0.481 e. The first kappa shape index (κ1) is 13.1. The Morgan fingerprint density at radius 2 is 2.20 bits per heavy atom. The van der Waals surface area contributed by atoms with E-state index in [9.17, 15) is 0 Å². The molecule has 0 amide bonds. The fraction of sp³-hybridized carbons (Fsp3) is 0.500. The van der Waals surface area contributed by atoms with Crippen molar-refractivity contribution in [2.24, 2.45) is 0 Å². The molecule has 0 spiro atoms. The summed E-state index contributed by atoms with van der Waals surface area (Å²) in [6.45, 7) is 6.30. The third kappa shape index (κ3) is 2.38. The van der Waals surface area contributed by atoms with Crippen LogP contribution in [-0.4, -0.2) is 33.5 Å². The molecule has 2 aromatic heterocycles. The second kappa shape index (κ2) is 5.20. The Kier molecular flexibility index (Phi) is 3.40. The molecule has 2 aromatic rings. The van der Waals surface area contributed by atoms with E-state index in [1.807, 2.05) is 13.8 Å². The van der Waals surface area contributed by atoms with Gasteiger partial charge in [-0.15, -0.1) is 0 Å². The van der Waals surface area contributed by atoms with E-state index in [2.05, 4.69) is 19.9 Å². The minimum Gasteiger partial charge on any atom is -0.481 e. The SMILES string of the molecule is COc1ncnc2c1CN(Cc1nc(C)c(C)o1)CC2. The first-order valence-electron chi connectivity index (χ1n) is 6.69. The van der Waals surface area contributed by atoms with Crippen LogP contribution in [0.15, 0.2) is 10.7 Å². The summed E-state index contributed by atoms with van der Waals surface area (Å²) < 4.78 is 11.0. The van der Waals surface area contributed by atoms with Gasteiger partial charge in [0.2, 0.25) is 11.8 Å². The van der Waals surface area contributed by atoms with Gasteiger partial charge < -0.3 is 9.15 Å². The maximum atomic E-state index is 5.65. The van der Waals surface area contributed by atoms with Crippen molar-refractivity contribution in [3.63, 3.8) is 0 Å². The molecule has 0 saturated heterocycles. The second-order valence-electron chi connectivity index (χ2n) is 5.02. The van der Waals surface area contributed by atoms with E-state index in [4.69, 9.17) is 9.15 Å². The molecule has 3 rings (SSSR count). The van der Waals surface area contributed by atoms with E-state index in [0.717, 1.165) is 48.1 Å². The number of oxazole rings is 1. The monoisotopic (exact) mass is 274 g/mol. The summed E-state index contributed by atoms with van der Waals surface area (Å²) in [5.74, 6) is 2.32. The van der Waals surface area contributed by atoms with Crippen LogP contribution in [0.2, 0.25) is 0 Å². The molecule has 1 aliphatic rings. The number of aryl methyl sites for hydroxylation is 2. The Balaban J connectivity index is 1.78. The van der Waals surface area contributed by atoms with Gasteiger partial charge in [-0.1, -0.05) is 0 Å². The molecule has 0 bridgehead atoms. The number of hydrogen-bond acceptors (Lipinski definition) is 6. The Hall–Kier alpha value is -1.95. The fourth-order valence-electron chi connectivity index (χ4n) is 2.48. The third-order valence-electron chi connectivity index (χ3n) is 3.67. The molecule has 3 heterocycles. The molecule has 0 unspecified atom stereocenters. The number of nitrogens with zero attached hydrogens (tertiary/aromatic N) is 4. The van der Waals surface area contributed by atoms with Crippen LogP contribution in [-0.2, 0) is 19.5 Å². The lowest BCUT2D eigenvalue weighted by molar-refractivity contribution is 0.213. The molecule has 0 saturated carbocycles. The van der Waals surface area contributed by atoms with Gasteiger partial charge in [-0.2, -0.15) is 0 Å². The molecule has 6 nitrogen and oxygen atoms in total. The second-order valence-corrected chi connectivity index (χ2v) is 5.02. The van der Waals surface area contributed by atoms with E-state index >= 15 is 0 Å². The maximum Gasteiger partial charge on any atom is 0.220 e. The van der Waals surface area contributed by atoms with Crippen molar-refractivity contribution in [3.05, 3.63) is 34.9 Å². The molecular weight excluding hydrogens is 256 g/mol. The quantitative estimate of drug-likeness (QED) is 0.848. The minimum absolute atomic E-state index is 0.666. The molecule has 0 aromatic carbocycles. The van der Waals surface area contributed by atoms with E-state index in [1.54, 1.807) is 13.4 Å². The number of methoxy groups -OCH3 is 1. The van der Waals surface area contributed by atoms with E-state index in [0.29, 0.717) is 12.4 Å². The summed E-state index contributed by atoms with van der Waals surface area (Å²) in [6.07, 6.45) is 2.46. The smallest absolute Gasteiger partial charge is 0.220 e. The summed E-state index contributed by atoms with van der Waals surface area (Å²) in [5, 5.41) is 0. The van der Waals surface area contributed by atoms with Crippen LogP contribution in [0, 0.1) is 13.8 Å². The Bertz CT molecular complexity index is 590. The van der Waals surface area contributed by atoms with Crippen LogP contribution < -0.4 is 4.74 Å². The lowest BCUT2D eigenvalue weighted by Gasteiger charge is -2.27. The molecule has 0 N–H and O–H groups in total. The van der Waals surface area contributed by atoms with Crippen molar-refractivity contribution in [1.29, 1.82) is 0 Å². The van der Waals surface area contributed by atoms with Crippen molar-refractivity contribution in [3.8, 4) is 5.88 Å². The molecule has 0 atom stereocenters. The third-order valence-corrected chi connectivity index (χ3v) is 3.67. The first-order chi connectivity index (χ1) is 9.67. The van der Waals surface area contributed by atoms with Crippen molar-refractivity contribution in [1.82, 2.24) is 19.9 Å². The van der Waals surface area contributed by atoms with E-state index in [1.165, 1.54) is 0 Å². The lowest BCUT2D eigenvalue weighted by Crippen LogP contribution is -2.31. The molecule has 20 heavy (non-hydrogen) atoms. The summed E-state index contributed by atoms with van der Waals surface area (Å²) >= 11 is 0. The van der Waals surface area contributed by atoms with Crippen LogP contribution in [0.5, 0.6) is 5.88 Å². The molecule has 6 heteroatoms. The van der Waals surface area contributed by atoms with Crippen molar-refractivity contribution in [2.75, 3.05) is 13.7 Å². The summed E-state index contributed by atoms with van der Waals surface area (Å²) in [4.78, 5) is 15.2. The zero-order valence-corrected chi connectivity index (χ0v) is 12.0.